The number of thiazole rings is 1. The summed E-state index contributed by atoms with van der Waals surface area (Å²) in [7, 11) is -3.33. The van der Waals surface area contributed by atoms with Crippen molar-refractivity contribution in [2.24, 2.45) is 5.73 Å². The lowest BCUT2D eigenvalue weighted by atomic mass is 10.1. The van der Waals surface area contributed by atoms with Gasteiger partial charge in [0.05, 0.1) is 11.3 Å². The minimum Gasteiger partial charge on any atom is -0.349 e. The van der Waals surface area contributed by atoms with Crippen molar-refractivity contribution < 1.29 is 13.2 Å². The molecule has 0 aliphatic rings. The minimum atomic E-state index is -3.33. The van der Waals surface area contributed by atoms with Gasteiger partial charge in [0, 0.05) is 23.9 Å². The number of amides is 1. The molecular formula is C11H20N4O3S2. The van der Waals surface area contributed by atoms with Crippen molar-refractivity contribution in [1.29, 1.82) is 0 Å². The molecular weight excluding hydrogens is 300 g/mol. The van der Waals surface area contributed by atoms with Crippen LogP contribution in [0.15, 0.2) is 5.38 Å². The first kappa shape index (κ1) is 17.0. The molecule has 1 amide bonds. The van der Waals surface area contributed by atoms with E-state index in [1.807, 2.05) is 0 Å². The zero-order chi connectivity index (χ0) is 15.4. The van der Waals surface area contributed by atoms with Gasteiger partial charge < -0.3 is 11.1 Å². The van der Waals surface area contributed by atoms with Gasteiger partial charge in [-0.05, 0) is 20.4 Å². The molecule has 9 heteroatoms. The van der Waals surface area contributed by atoms with Crippen LogP contribution in [0.4, 0.5) is 0 Å². The average molecular weight is 320 g/mol. The highest BCUT2D eigenvalue weighted by Gasteiger charge is 2.23. The number of hydrogen-bond acceptors (Lipinski definition) is 6. The normalized spacial score (nSPS) is 12.4. The number of nitrogens with zero attached hydrogens (tertiary/aromatic N) is 1. The minimum absolute atomic E-state index is 0.169. The fourth-order valence-corrected chi connectivity index (χ4v) is 3.45. The molecule has 0 spiro atoms. The van der Waals surface area contributed by atoms with E-state index in [-0.39, 0.29) is 12.5 Å². The van der Waals surface area contributed by atoms with Gasteiger partial charge in [-0.15, -0.1) is 11.3 Å². The maximum absolute atomic E-state index is 11.9. The highest BCUT2D eigenvalue weighted by molar-refractivity contribution is 7.88. The van der Waals surface area contributed by atoms with Crippen molar-refractivity contribution in [2.45, 2.75) is 25.8 Å². The van der Waals surface area contributed by atoms with Gasteiger partial charge in [-0.1, -0.05) is 0 Å². The molecule has 7 nitrogen and oxygen atoms in total. The predicted molar refractivity (Wildman–Crippen MR) is 79.3 cm³/mol. The summed E-state index contributed by atoms with van der Waals surface area (Å²) in [5.41, 5.74) is 4.98. The van der Waals surface area contributed by atoms with Crippen molar-refractivity contribution in [3.8, 4) is 0 Å². The van der Waals surface area contributed by atoms with Crippen LogP contribution in [0.3, 0.4) is 0 Å². The molecule has 4 N–H and O–H groups in total. The highest BCUT2D eigenvalue weighted by atomic mass is 32.2. The van der Waals surface area contributed by atoms with E-state index in [1.54, 1.807) is 19.2 Å². The van der Waals surface area contributed by atoms with Gasteiger partial charge >= 0.3 is 0 Å². The first-order valence-corrected chi connectivity index (χ1v) is 8.82. The molecule has 0 fully saturated rings. The van der Waals surface area contributed by atoms with E-state index in [0.717, 1.165) is 11.3 Å². The Bertz CT molecular complexity index is 566. The van der Waals surface area contributed by atoms with Crippen LogP contribution in [0.1, 0.15) is 29.3 Å². The Morgan fingerprint density at radius 1 is 1.50 bits per heavy atom. The van der Waals surface area contributed by atoms with Crippen LogP contribution >= 0.6 is 11.3 Å². The number of carbonyl (C=O) groups is 1. The van der Waals surface area contributed by atoms with Crippen molar-refractivity contribution in [2.75, 3.05) is 19.3 Å². The molecule has 0 aromatic carbocycles. The van der Waals surface area contributed by atoms with Crippen LogP contribution in [0.5, 0.6) is 0 Å². The number of nitrogens with one attached hydrogen (secondary N) is 2. The van der Waals surface area contributed by atoms with Crippen molar-refractivity contribution in [3.63, 3.8) is 0 Å². The Morgan fingerprint density at radius 3 is 2.70 bits per heavy atom. The van der Waals surface area contributed by atoms with Gasteiger partial charge in [0.1, 0.15) is 5.69 Å². The molecule has 0 saturated heterocycles. The van der Waals surface area contributed by atoms with E-state index < -0.39 is 15.6 Å². The van der Waals surface area contributed by atoms with E-state index in [9.17, 15) is 13.2 Å². The lowest BCUT2D eigenvalue weighted by molar-refractivity contribution is 0.0940. The lowest BCUT2D eigenvalue weighted by Crippen LogP contribution is -2.51. The number of rotatable bonds is 7. The van der Waals surface area contributed by atoms with Crippen LogP contribution in [-0.2, 0) is 16.4 Å². The van der Waals surface area contributed by atoms with E-state index in [2.05, 4.69) is 15.0 Å². The average Bonchev–Trinajstić information content (AvgIpc) is 2.72. The summed E-state index contributed by atoms with van der Waals surface area (Å²) < 4.78 is 24.8. The molecule has 1 rings (SSSR count). The van der Waals surface area contributed by atoms with Gasteiger partial charge in [-0.25, -0.2) is 18.1 Å². The van der Waals surface area contributed by atoms with E-state index in [4.69, 9.17) is 5.73 Å². The third kappa shape index (κ3) is 5.95. The third-order valence-electron chi connectivity index (χ3n) is 2.30. The van der Waals surface area contributed by atoms with Gasteiger partial charge in [0.25, 0.3) is 5.91 Å². The lowest BCUT2D eigenvalue weighted by Gasteiger charge is -2.25. The summed E-state index contributed by atoms with van der Waals surface area (Å²) in [5, 5.41) is 5.14. The summed E-state index contributed by atoms with van der Waals surface area (Å²) >= 11 is 1.38. The third-order valence-corrected chi connectivity index (χ3v) is 4.13. The summed E-state index contributed by atoms with van der Waals surface area (Å²) in [4.78, 5) is 16.1. The molecule has 1 heterocycles. The summed E-state index contributed by atoms with van der Waals surface area (Å²) in [6, 6.07) is 0. The first-order valence-electron chi connectivity index (χ1n) is 6.04. The Kier molecular flexibility index (Phi) is 5.63. The zero-order valence-corrected chi connectivity index (χ0v) is 13.4. The van der Waals surface area contributed by atoms with Gasteiger partial charge in [-0.3, -0.25) is 4.79 Å². The van der Waals surface area contributed by atoms with Crippen LogP contribution in [0, 0.1) is 0 Å². The molecule has 0 aliphatic carbocycles. The van der Waals surface area contributed by atoms with Crippen molar-refractivity contribution >= 4 is 27.3 Å². The van der Waals surface area contributed by atoms with Gasteiger partial charge in [-0.2, -0.15) is 0 Å². The van der Waals surface area contributed by atoms with Crippen molar-refractivity contribution in [3.05, 3.63) is 16.1 Å². The largest absolute Gasteiger partial charge is 0.349 e. The molecule has 0 saturated carbocycles. The first-order chi connectivity index (χ1) is 9.13. The predicted octanol–water partition coefficient (Wildman–Crippen LogP) is -0.298. The van der Waals surface area contributed by atoms with E-state index in [0.29, 0.717) is 18.7 Å². The van der Waals surface area contributed by atoms with Crippen molar-refractivity contribution in [1.82, 2.24) is 15.0 Å². The topological polar surface area (TPSA) is 114 Å². The second kappa shape index (κ2) is 6.61. The second-order valence-electron chi connectivity index (χ2n) is 5.11. The quantitative estimate of drug-likeness (QED) is 0.638. The molecule has 0 bridgehead atoms. The summed E-state index contributed by atoms with van der Waals surface area (Å²) in [5.74, 6) is -0.326. The van der Waals surface area contributed by atoms with Crippen LogP contribution in [0.25, 0.3) is 0 Å². The van der Waals surface area contributed by atoms with E-state index in [1.165, 1.54) is 11.3 Å². The number of nitrogens with two attached hydrogens (primary N) is 1. The summed E-state index contributed by atoms with van der Waals surface area (Å²) in [6.45, 7) is 4.03. The standard InChI is InChI=1S/C11H20N4O3S2/c1-11(2,15-20(3,17)18)7-13-10(16)8-6-19-9(14-8)4-5-12/h6,15H,4-5,7,12H2,1-3H3,(H,13,16). The Labute approximate surface area is 123 Å². The molecule has 1 aromatic rings. The highest BCUT2D eigenvalue weighted by Crippen LogP contribution is 2.10. The van der Waals surface area contributed by atoms with Crippen LogP contribution in [0.2, 0.25) is 0 Å². The SMILES string of the molecule is CC(C)(CNC(=O)c1csc(CCN)n1)NS(C)(=O)=O. The zero-order valence-electron chi connectivity index (χ0n) is 11.8. The number of carbonyl (C=O) groups excluding carboxylic acids is 1. The Hall–Kier alpha value is -1.03. The second-order valence-corrected chi connectivity index (χ2v) is 7.80. The number of hydrogen-bond donors (Lipinski definition) is 3. The Morgan fingerprint density at radius 2 is 2.15 bits per heavy atom. The van der Waals surface area contributed by atoms with E-state index >= 15 is 0 Å². The van der Waals surface area contributed by atoms with Gasteiger partial charge in [0.15, 0.2) is 0 Å². The maximum Gasteiger partial charge on any atom is 0.270 e. The summed E-state index contributed by atoms with van der Waals surface area (Å²) in [6.07, 6.45) is 1.72. The van der Waals surface area contributed by atoms with Crippen LogP contribution < -0.4 is 15.8 Å². The van der Waals surface area contributed by atoms with Gasteiger partial charge in [0.2, 0.25) is 10.0 Å². The number of aromatic nitrogens is 1. The fraction of sp³-hybridized carbons (Fsp3) is 0.636. The molecule has 1 aromatic heterocycles. The molecule has 114 valence electrons. The molecule has 0 unspecified atom stereocenters. The Balaban J connectivity index is 2.58. The molecule has 20 heavy (non-hydrogen) atoms. The molecule has 0 atom stereocenters. The maximum atomic E-state index is 11.9. The smallest absolute Gasteiger partial charge is 0.270 e. The molecule has 0 aliphatic heterocycles. The number of sulfonamides is 1. The monoisotopic (exact) mass is 320 g/mol. The van der Waals surface area contributed by atoms with Crippen LogP contribution in [-0.4, -0.2) is 44.2 Å². The molecule has 0 radical (unpaired) electrons. The fourth-order valence-electron chi connectivity index (χ4n) is 1.58.